The van der Waals surface area contributed by atoms with Crippen LogP contribution in [-0.2, 0) is 13.0 Å². The number of nitrogens with zero attached hydrogens (tertiary/aromatic N) is 3. The van der Waals surface area contributed by atoms with Crippen LogP contribution in [0.3, 0.4) is 0 Å². The van der Waals surface area contributed by atoms with E-state index in [-0.39, 0.29) is 0 Å². The van der Waals surface area contributed by atoms with Crippen LogP contribution in [-0.4, -0.2) is 34.6 Å². The van der Waals surface area contributed by atoms with Crippen LogP contribution in [0, 0.1) is 0 Å². The first-order valence-electron chi connectivity index (χ1n) is 6.53. The van der Waals surface area contributed by atoms with E-state index in [1.54, 1.807) is 0 Å². The molecular weight excluding hydrogens is 214 g/mol. The first-order valence-corrected chi connectivity index (χ1v) is 6.53. The van der Waals surface area contributed by atoms with Gasteiger partial charge in [-0.25, -0.2) is 0 Å². The standard InChI is InChI=1S/C13H19N3O/c1-15-7-6-13-11(8-15)12(9-17)14-16(13)10-4-2-3-5-10/h9-10H,2-8H2,1H3. The molecule has 1 aliphatic heterocycles. The van der Waals surface area contributed by atoms with Crippen molar-refractivity contribution in [3.8, 4) is 0 Å². The molecule has 1 fully saturated rings. The number of aldehydes is 1. The quantitative estimate of drug-likeness (QED) is 0.731. The number of rotatable bonds is 2. The third-order valence-corrected chi connectivity index (χ3v) is 4.09. The highest BCUT2D eigenvalue weighted by atomic mass is 16.1. The Bertz CT molecular complexity index is 432. The van der Waals surface area contributed by atoms with Crippen LogP contribution in [0.4, 0.5) is 0 Å². The van der Waals surface area contributed by atoms with Crippen LogP contribution in [0.25, 0.3) is 0 Å². The summed E-state index contributed by atoms with van der Waals surface area (Å²) in [6.45, 7) is 1.94. The lowest BCUT2D eigenvalue weighted by atomic mass is 10.1. The van der Waals surface area contributed by atoms with Crippen molar-refractivity contribution in [2.45, 2.75) is 44.7 Å². The van der Waals surface area contributed by atoms with Gasteiger partial charge in [-0.15, -0.1) is 0 Å². The first-order chi connectivity index (χ1) is 8.29. The molecule has 17 heavy (non-hydrogen) atoms. The fourth-order valence-corrected chi connectivity index (χ4v) is 3.15. The summed E-state index contributed by atoms with van der Waals surface area (Å²) in [6, 6.07) is 0.542. The van der Waals surface area contributed by atoms with Crippen molar-refractivity contribution in [3.05, 3.63) is 17.0 Å². The molecule has 3 rings (SSSR count). The number of carbonyl (C=O) groups excluding carboxylic acids is 1. The molecule has 1 aromatic rings. The second kappa shape index (κ2) is 4.26. The number of hydrogen-bond donors (Lipinski definition) is 0. The van der Waals surface area contributed by atoms with Gasteiger partial charge in [-0.2, -0.15) is 5.10 Å². The molecule has 0 atom stereocenters. The molecule has 2 heterocycles. The molecule has 0 saturated heterocycles. The van der Waals surface area contributed by atoms with Crippen LogP contribution < -0.4 is 0 Å². The minimum atomic E-state index is 0.542. The Balaban J connectivity index is 2.01. The van der Waals surface area contributed by atoms with Gasteiger partial charge in [-0.3, -0.25) is 9.48 Å². The first kappa shape index (κ1) is 11.0. The smallest absolute Gasteiger partial charge is 0.170 e. The van der Waals surface area contributed by atoms with Gasteiger partial charge in [0.15, 0.2) is 6.29 Å². The monoisotopic (exact) mass is 233 g/mol. The van der Waals surface area contributed by atoms with E-state index in [4.69, 9.17) is 0 Å². The molecule has 0 bridgehead atoms. The lowest BCUT2D eigenvalue weighted by molar-refractivity contribution is 0.111. The molecule has 1 aromatic heterocycles. The maximum atomic E-state index is 11.1. The lowest BCUT2D eigenvalue weighted by Crippen LogP contribution is -2.28. The number of likely N-dealkylation sites (N-methyl/N-ethyl adjacent to an activating group) is 1. The molecule has 0 unspecified atom stereocenters. The largest absolute Gasteiger partial charge is 0.302 e. The van der Waals surface area contributed by atoms with Crippen LogP contribution in [0.15, 0.2) is 0 Å². The molecule has 2 aliphatic rings. The van der Waals surface area contributed by atoms with E-state index in [0.29, 0.717) is 11.7 Å². The van der Waals surface area contributed by atoms with Crippen molar-refractivity contribution < 1.29 is 4.79 Å². The Morgan fingerprint density at radius 2 is 2.12 bits per heavy atom. The van der Waals surface area contributed by atoms with Crippen molar-refractivity contribution in [3.63, 3.8) is 0 Å². The topological polar surface area (TPSA) is 38.1 Å². The molecule has 0 N–H and O–H groups in total. The van der Waals surface area contributed by atoms with Crippen LogP contribution in [0.5, 0.6) is 0 Å². The number of fused-ring (bicyclic) bond motifs is 1. The van der Waals surface area contributed by atoms with E-state index >= 15 is 0 Å². The average molecular weight is 233 g/mol. The summed E-state index contributed by atoms with van der Waals surface area (Å²) in [7, 11) is 2.10. The van der Waals surface area contributed by atoms with Crippen LogP contribution >= 0.6 is 0 Å². The van der Waals surface area contributed by atoms with Crippen molar-refractivity contribution >= 4 is 6.29 Å². The molecule has 92 valence electrons. The second-order valence-electron chi connectivity index (χ2n) is 5.30. The highest BCUT2D eigenvalue weighted by Gasteiger charge is 2.27. The van der Waals surface area contributed by atoms with E-state index in [9.17, 15) is 4.79 Å². The normalized spacial score (nSPS) is 21.7. The summed E-state index contributed by atoms with van der Waals surface area (Å²) < 4.78 is 2.17. The SMILES string of the molecule is CN1CCc2c(c(C=O)nn2C2CCCC2)C1. The molecular formula is C13H19N3O. The van der Waals surface area contributed by atoms with Crippen molar-refractivity contribution in [2.75, 3.05) is 13.6 Å². The number of carbonyl (C=O) groups is 1. The van der Waals surface area contributed by atoms with Gasteiger partial charge < -0.3 is 4.90 Å². The summed E-state index contributed by atoms with van der Waals surface area (Å²) in [6.07, 6.45) is 7.00. The number of hydrogen-bond acceptors (Lipinski definition) is 3. The summed E-state index contributed by atoms with van der Waals surface area (Å²) in [5.74, 6) is 0. The van der Waals surface area contributed by atoms with E-state index in [1.165, 1.54) is 36.9 Å². The zero-order valence-corrected chi connectivity index (χ0v) is 10.4. The fourth-order valence-electron chi connectivity index (χ4n) is 3.15. The highest BCUT2D eigenvalue weighted by molar-refractivity contribution is 5.75. The van der Waals surface area contributed by atoms with Gasteiger partial charge in [-0.05, 0) is 19.9 Å². The number of aromatic nitrogens is 2. The molecule has 0 aromatic carbocycles. The molecule has 0 amide bonds. The molecule has 0 spiro atoms. The fraction of sp³-hybridized carbons (Fsp3) is 0.692. The maximum absolute atomic E-state index is 11.1. The Kier molecular flexibility index (Phi) is 2.74. The van der Waals surface area contributed by atoms with Gasteiger partial charge in [0.05, 0.1) is 6.04 Å². The zero-order chi connectivity index (χ0) is 11.8. The highest BCUT2D eigenvalue weighted by Crippen LogP contribution is 2.33. The van der Waals surface area contributed by atoms with Gasteiger partial charge in [0, 0.05) is 30.8 Å². The van der Waals surface area contributed by atoms with Crippen LogP contribution in [0.1, 0.15) is 53.5 Å². The Labute approximate surface area is 102 Å². The van der Waals surface area contributed by atoms with E-state index in [2.05, 4.69) is 21.7 Å². The lowest BCUT2D eigenvalue weighted by Gasteiger charge is -2.24. The third kappa shape index (κ3) is 1.80. The molecule has 1 saturated carbocycles. The second-order valence-corrected chi connectivity index (χ2v) is 5.30. The minimum absolute atomic E-state index is 0.542. The molecule has 4 heteroatoms. The predicted octanol–water partition coefficient (Wildman–Crippen LogP) is 1.80. The van der Waals surface area contributed by atoms with Crippen molar-refractivity contribution in [1.82, 2.24) is 14.7 Å². The maximum Gasteiger partial charge on any atom is 0.170 e. The molecule has 0 radical (unpaired) electrons. The Morgan fingerprint density at radius 3 is 2.82 bits per heavy atom. The van der Waals surface area contributed by atoms with E-state index in [0.717, 1.165) is 25.8 Å². The zero-order valence-electron chi connectivity index (χ0n) is 10.4. The van der Waals surface area contributed by atoms with Gasteiger partial charge in [0.2, 0.25) is 0 Å². The summed E-state index contributed by atoms with van der Waals surface area (Å²) in [5.41, 5.74) is 3.15. The average Bonchev–Trinajstić information content (AvgIpc) is 2.94. The summed E-state index contributed by atoms with van der Waals surface area (Å²) in [4.78, 5) is 13.4. The third-order valence-electron chi connectivity index (χ3n) is 4.09. The Hall–Kier alpha value is -1.16. The van der Waals surface area contributed by atoms with E-state index in [1.807, 2.05) is 0 Å². The van der Waals surface area contributed by atoms with Crippen LogP contribution in [0.2, 0.25) is 0 Å². The van der Waals surface area contributed by atoms with Gasteiger partial charge in [-0.1, -0.05) is 12.8 Å². The summed E-state index contributed by atoms with van der Waals surface area (Å²) in [5, 5.41) is 4.55. The Morgan fingerprint density at radius 1 is 1.35 bits per heavy atom. The van der Waals surface area contributed by atoms with Crippen molar-refractivity contribution in [2.24, 2.45) is 0 Å². The molecule has 4 nitrogen and oxygen atoms in total. The van der Waals surface area contributed by atoms with Crippen molar-refractivity contribution in [1.29, 1.82) is 0 Å². The van der Waals surface area contributed by atoms with Gasteiger partial charge >= 0.3 is 0 Å². The molecule has 1 aliphatic carbocycles. The minimum Gasteiger partial charge on any atom is -0.302 e. The predicted molar refractivity (Wildman–Crippen MR) is 65.2 cm³/mol. The van der Waals surface area contributed by atoms with Gasteiger partial charge in [0.25, 0.3) is 0 Å². The van der Waals surface area contributed by atoms with Gasteiger partial charge in [0.1, 0.15) is 5.69 Å². The summed E-state index contributed by atoms with van der Waals surface area (Å²) >= 11 is 0. The van der Waals surface area contributed by atoms with E-state index < -0.39 is 0 Å².